The van der Waals surface area contributed by atoms with Gasteiger partial charge < -0.3 is 29.5 Å². The molecule has 0 aromatic heterocycles. The fourth-order valence-electron chi connectivity index (χ4n) is 5.15. The van der Waals surface area contributed by atoms with E-state index in [0.29, 0.717) is 32.7 Å². The maximum atomic E-state index is 12.5. The molecule has 6 rings (SSSR count). The lowest BCUT2D eigenvalue weighted by atomic mass is 10.0. The Hall–Kier alpha value is -6.60. The van der Waals surface area contributed by atoms with Crippen LogP contribution in [0, 0.1) is 13.8 Å². The highest BCUT2D eigenvalue weighted by molar-refractivity contribution is 7.86. The minimum absolute atomic E-state index is 0.236. The van der Waals surface area contributed by atoms with Gasteiger partial charge in [0.15, 0.2) is 0 Å². The number of carbonyl (C=O) groups is 2. The van der Waals surface area contributed by atoms with Crippen molar-refractivity contribution < 1.29 is 56.0 Å². The quantitative estimate of drug-likeness (QED) is 0.124. The van der Waals surface area contributed by atoms with Gasteiger partial charge in [-0.3, -0.25) is 0 Å². The van der Waals surface area contributed by atoms with Crippen molar-refractivity contribution in [3.8, 4) is 11.5 Å². The second kappa shape index (κ2) is 15.2. The van der Waals surface area contributed by atoms with Crippen LogP contribution in [0.25, 0.3) is 21.5 Å². The molecule has 0 heterocycles. The van der Waals surface area contributed by atoms with Gasteiger partial charge in [0.25, 0.3) is 0 Å². The number of rotatable bonds is 8. The Balaban J connectivity index is 0.000000208. The molecule has 0 aliphatic rings. The molecule has 0 radical (unpaired) electrons. The number of carboxylic acids is 2. The molecule has 54 heavy (non-hydrogen) atoms. The van der Waals surface area contributed by atoms with Crippen molar-refractivity contribution >= 4 is 76.5 Å². The number of aryl methyl sites for hydroxylation is 2. The second-order valence-corrected chi connectivity index (χ2v) is 14.2. The van der Waals surface area contributed by atoms with Crippen molar-refractivity contribution in [1.82, 2.24) is 0 Å². The summed E-state index contributed by atoms with van der Waals surface area (Å²) < 4.78 is 68.7. The van der Waals surface area contributed by atoms with Gasteiger partial charge in [-0.1, -0.05) is 72.2 Å². The molecule has 16 nitrogen and oxygen atoms in total. The smallest absolute Gasteiger partial charge is 0.335 e. The van der Waals surface area contributed by atoms with Crippen molar-refractivity contribution in [2.75, 3.05) is 0 Å². The molecule has 0 saturated heterocycles. The lowest BCUT2D eigenvalue weighted by molar-refractivity contribution is -0.268. The molecular formula is C36H24N4O12S2-4. The van der Waals surface area contributed by atoms with E-state index < -0.39 is 64.6 Å². The van der Waals surface area contributed by atoms with Gasteiger partial charge in [0.1, 0.15) is 31.6 Å². The Morgan fingerprint density at radius 3 is 1.22 bits per heavy atom. The summed E-state index contributed by atoms with van der Waals surface area (Å²) in [6.45, 7) is 3.21. The van der Waals surface area contributed by atoms with Crippen LogP contribution in [0.3, 0.4) is 0 Å². The first-order valence-corrected chi connectivity index (χ1v) is 18.1. The molecule has 0 fully saturated rings. The standard InChI is InChI=1S/2C18H14N2O6S/c2*1-10-6-7-14(15(8-10)27(24,25)26)19-20-16-12-5-3-2-4-11(12)9-13(17(16)21)18(22)23/h2*2-9,21H,1H3,(H,22,23)(H,24,25,26)/p-4. The van der Waals surface area contributed by atoms with Gasteiger partial charge in [-0.25, -0.2) is 26.4 Å². The van der Waals surface area contributed by atoms with E-state index in [4.69, 9.17) is 0 Å². The molecule has 6 aromatic rings. The predicted octanol–water partition coefficient (Wildman–Crippen LogP) is 6.48. The molecule has 18 heteroatoms. The fourth-order valence-corrected chi connectivity index (χ4v) is 6.54. The topological polar surface area (TPSA) is 285 Å². The zero-order chi connectivity index (χ0) is 39.5. The summed E-state index contributed by atoms with van der Waals surface area (Å²) in [7, 11) is -9.62. The van der Waals surface area contributed by atoms with Crippen LogP contribution in [0.1, 0.15) is 31.8 Å². The Bertz CT molecular complexity index is 2590. The second-order valence-electron chi connectivity index (χ2n) is 11.5. The van der Waals surface area contributed by atoms with Crippen LogP contribution in [0.2, 0.25) is 0 Å². The number of benzene rings is 6. The highest BCUT2D eigenvalue weighted by Crippen LogP contribution is 2.40. The SMILES string of the molecule is Cc1ccc(N=Nc2c([O-])c(C(=O)O)cc3ccccc23)c(S(=O)(=O)[O-])c1.Cc1ccc(N=Nc2c([O-])c(C(=O)O)cc3ccccc23)c(S(=O)(=O)[O-])c1. The zero-order valence-electron chi connectivity index (χ0n) is 27.8. The van der Waals surface area contributed by atoms with Gasteiger partial charge in [-0.2, -0.15) is 10.2 Å². The van der Waals surface area contributed by atoms with Crippen LogP contribution in [0.5, 0.6) is 11.5 Å². The first-order valence-electron chi connectivity index (χ1n) is 15.3. The van der Waals surface area contributed by atoms with E-state index in [9.17, 15) is 56.0 Å². The van der Waals surface area contributed by atoms with Gasteiger partial charge in [0, 0.05) is 10.8 Å². The third kappa shape index (κ3) is 8.37. The Morgan fingerprint density at radius 2 is 0.889 bits per heavy atom. The molecule has 0 saturated carbocycles. The number of hydrogen-bond donors (Lipinski definition) is 2. The number of aromatic carboxylic acids is 2. The summed E-state index contributed by atoms with van der Waals surface area (Å²) in [5, 5.41) is 60.1. The Morgan fingerprint density at radius 1 is 0.537 bits per heavy atom. The zero-order valence-corrected chi connectivity index (χ0v) is 29.5. The summed E-state index contributed by atoms with van der Waals surface area (Å²) in [6.07, 6.45) is 0. The molecular weight excluding hydrogens is 745 g/mol. The van der Waals surface area contributed by atoms with Crippen LogP contribution < -0.4 is 10.2 Å². The third-order valence-corrected chi connectivity index (χ3v) is 9.43. The maximum absolute atomic E-state index is 12.5. The molecule has 0 aliphatic carbocycles. The van der Waals surface area contributed by atoms with Crippen molar-refractivity contribution in [3.05, 3.63) is 119 Å². The molecule has 0 atom stereocenters. The van der Waals surface area contributed by atoms with Gasteiger partial charge in [0.2, 0.25) is 0 Å². The van der Waals surface area contributed by atoms with Crippen molar-refractivity contribution in [2.24, 2.45) is 20.5 Å². The summed E-state index contributed by atoms with van der Waals surface area (Å²) in [6, 6.07) is 23.4. The normalized spacial score (nSPS) is 11.9. The number of fused-ring (bicyclic) bond motifs is 2. The van der Waals surface area contributed by atoms with Gasteiger partial charge in [0.05, 0.1) is 32.3 Å². The minimum atomic E-state index is -4.81. The van der Waals surface area contributed by atoms with E-state index in [2.05, 4.69) is 20.5 Å². The summed E-state index contributed by atoms with van der Waals surface area (Å²) >= 11 is 0. The monoisotopic (exact) mass is 768 g/mol. The largest absolute Gasteiger partial charge is 0.870 e. The fraction of sp³-hybridized carbons (Fsp3) is 0.0556. The Kier molecular flexibility index (Phi) is 10.9. The van der Waals surface area contributed by atoms with E-state index in [0.717, 1.165) is 12.1 Å². The lowest BCUT2D eigenvalue weighted by Crippen LogP contribution is -2.04. The van der Waals surface area contributed by atoms with Crippen LogP contribution in [0.4, 0.5) is 22.7 Å². The van der Waals surface area contributed by atoms with Gasteiger partial charge >= 0.3 is 11.9 Å². The first-order chi connectivity index (χ1) is 25.4. The van der Waals surface area contributed by atoms with Crippen LogP contribution in [-0.2, 0) is 20.2 Å². The average molecular weight is 769 g/mol. The van der Waals surface area contributed by atoms with Crippen molar-refractivity contribution in [3.63, 3.8) is 0 Å². The van der Waals surface area contributed by atoms with E-state index >= 15 is 0 Å². The average Bonchev–Trinajstić information content (AvgIpc) is 3.10. The van der Waals surface area contributed by atoms with Gasteiger partial charge in [-0.05, 0) is 72.1 Å². The lowest BCUT2D eigenvalue weighted by Gasteiger charge is -2.16. The molecule has 0 spiro atoms. The predicted molar refractivity (Wildman–Crippen MR) is 187 cm³/mol. The maximum Gasteiger partial charge on any atom is 0.335 e. The van der Waals surface area contributed by atoms with Gasteiger partial charge in [-0.15, -0.1) is 10.2 Å². The highest BCUT2D eigenvalue weighted by Gasteiger charge is 2.15. The number of azo groups is 2. The van der Waals surface area contributed by atoms with E-state index in [-0.39, 0.29) is 22.7 Å². The molecule has 0 unspecified atom stereocenters. The number of hydrogen-bond acceptors (Lipinski definition) is 14. The van der Waals surface area contributed by atoms with Crippen LogP contribution >= 0.6 is 0 Å². The molecule has 0 amide bonds. The molecule has 6 aromatic carbocycles. The van der Waals surface area contributed by atoms with Crippen LogP contribution in [-0.4, -0.2) is 48.1 Å². The first kappa shape index (κ1) is 38.6. The number of carboxylic acid groups (broad SMARTS) is 2. The Labute approximate surface area is 306 Å². The minimum Gasteiger partial charge on any atom is -0.870 e. The highest BCUT2D eigenvalue weighted by atomic mass is 32.2. The van der Waals surface area contributed by atoms with Crippen LogP contribution in [0.15, 0.2) is 127 Å². The number of nitrogens with zero attached hydrogens (tertiary/aromatic N) is 4. The molecule has 0 aliphatic heterocycles. The van der Waals surface area contributed by atoms with E-state index in [1.165, 1.54) is 36.4 Å². The molecule has 2 N–H and O–H groups in total. The third-order valence-electron chi connectivity index (χ3n) is 7.70. The molecule has 0 bridgehead atoms. The van der Waals surface area contributed by atoms with Crippen molar-refractivity contribution in [2.45, 2.75) is 23.6 Å². The molecule has 276 valence electrons. The van der Waals surface area contributed by atoms with E-state index in [1.54, 1.807) is 62.4 Å². The van der Waals surface area contributed by atoms with Crippen molar-refractivity contribution in [1.29, 1.82) is 0 Å². The summed E-state index contributed by atoms with van der Waals surface area (Å²) in [5.74, 6) is -4.55. The van der Waals surface area contributed by atoms with E-state index in [1.807, 2.05) is 0 Å². The summed E-state index contributed by atoms with van der Waals surface area (Å²) in [4.78, 5) is 21.5. The summed E-state index contributed by atoms with van der Waals surface area (Å²) in [5.41, 5.74) is -0.871.